The molecular weight excluding hydrogens is 310 g/mol. The third kappa shape index (κ3) is 4.04. The maximum absolute atomic E-state index is 11.4. The second-order valence-corrected chi connectivity index (χ2v) is 4.81. The van der Waals surface area contributed by atoms with Crippen LogP contribution < -0.4 is 0 Å². The molecular formula is C14H12BrNO3. The van der Waals surface area contributed by atoms with Crippen LogP contribution in [0.2, 0.25) is 0 Å². The number of Topliss-reactive ketones (excluding diaryl/α,β-unsaturated/α-hetero) is 1. The Kier molecular flexibility index (Phi) is 5.46. The van der Waals surface area contributed by atoms with E-state index in [9.17, 15) is 9.59 Å². The summed E-state index contributed by atoms with van der Waals surface area (Å²) in [5.41, 5.74) is 1.99. The van der Waals surface area contributed by atoms with Crippen molar-refractivity contribution in [2.75, 3.05) is 0 Å². The maximum atomic E-state index is 11.4. The van der Waals surface area contributed by atoms with E-state index in [0.717, 1.165) is 6.08 Å². The summed E-state index contributed by atoms with van der Waals surface area (Å²) in [7, 11) is 0. The zero-order valence-electron chi connectivity index (χ0n) is 10.3. The van der Waals surface area contributed by atoms with Crippen LogP contribution in [-0.4, -0.2) is 16.9 Å². The zero-order valence-corrected chi connectivity index (χ0v) is 11.8. The van der Waals surface area contributed by atoms with Gasteiger partial charge in [-0.2, -0.15) is 5.26 Å². The third-order valence-electron chi connectivity index (χ3n) is 2.54. The molecule has 0 amide bonds. The summed E-state index contributed by atoms with van der Waals surface area (Å²) in [6.45, 7) is 1.45. The number of benzene rings is 1. The Morgan fingerprint density at radius 3 is 2.74 bits per heavy atom. The van der Waals surface area contributed by atoms with Crippen molar-refractivity contribution < 1.29 is 14.7 Å². The molecule has 0 saturated heterocycles. The summed E-state index contributed by atoms with van der Waals surface area (Å²) in [6, 6.07) is 7.24. The lowest BCUT2D eigenvalue weighted by Gasteiger charge is -2.13. The Labute approximate surface area is 119 Å². The number of aliphatic carboxylic acids is 1. The van der Waals surface area contributed by atoms with E-state index in [0.29, 0.717) is 16.7 Å². The standard InChI is InChI=1S/C14H12BrNO3/c1-9(17)14(15)12-4-2-3-10(5-6-13(18)19)11(12)7-8-16/h2-6,14H,7H2,1H3,(H,18,19)/b6-5+. The van der Waals surface area contributed by atoms with Crippen LogP contribution in [0.4, 0.5) is 0 Å². The first kappa shape index (κ1) is 15.1. The molecule has 1 aromatic rings. The van der Waals surface area contributed by atoms with Gasteiger partial charge in [-0.05, 0) is 29.7 Å². The van der Waals surface area contributed by atoms with E-state index in [-0.39, 0.29) is 12.2 Å². The van der Waals surface area contributed by atoms with Gasteiger partial charge in [0.05, 0.1) is 17.3 Å². The van der Waals surface area contributed by atoms with Gasteiger partial charge in [0.15, 0.2) is 0 Å². The van der Waals surface area contributed by atoms with Crippen molar-refractivity contribution >= 4 is 33.8 Å². The average molecular weight is 322 g/mol. The molecule has 0 aliphatic carbocycles. The third-order valence-corrected chi connectivity index (χ3v) is 3.68. The van der Waals surface area contributed by atoms with Crippen LogP contribution in [0, 0.1) is 11.3 Å². The molecule has 0 radical (unpaired) electrons. The molecule has 0 aliphatic rings. The van der Waals surface area contributed by atoms with Gasteiger partial charge < -0.3 is 5.11 Å². The number of rotatable bonds is 5. The van der Waals surface area contributed by atoms with Crippen LogP contribution >= 0.6 is 15.9 Å². The average Bonchev–Trinajstić information content (AvgIpc) is 2.36. The molecule has 0 aromatic heterocycles. The number of nitriles is 1. The monoisotopic (exact) mass is 321 g/mol. The number of hydrogen-bond acceptors (Lipinski definition) is 3. The SMILES string of the molecule is CC(=O)C(Br)c1cccc(/C=C/C(=O)O)c1CC#N. The Morgan fingerprint density at radius 2 is 2.21 bits per heavy atom. The molecule has 1 atom stereocenters. The molecule has 4 nitrogen and oxygen atoms in total. The highest BCUT2D eigenvalue weighted by molar-refractivity contribution is 9.09. The molecule has 0 saturated carbocycles. The van der Waals surface area contributed by atoms with Crippen LogP contribution in [-0.2, 0) is 16.0 Å². The molecule has 0 heterocycles. The second kappa shape index (κ2) is 6.86. The van der Waals surface area contributed by atoms with Crippen molar-refractivity contribution in [1.29, 1.82) is 5.26 Å². The maximum Gasteiger partial charge on any atom is 0.328 e. The van der Waals surface area contributed by atoms with Gasteiger partial charge in [-0.1, -0.05) is 34.1 Å². The number of carboxylic acids is 1. The Balaban J connectivity index is 3.33. The van der Waals surface area contributed by atoms with E-state index in [4.69, 9.17) is 10.4 Å². The molecule has 0 spiro atoms. The van der Waals surface area contributed by atoms with Gasteiger partial charge in [-0.15, -0.1) is 0 Å². The minimum Gasteiger partial charge on any atom is -0.478 e. The lowest BCUT2D eigenvalue weighted by Crippen LogP contribution is -2.06. The van der Waals surface area contributed by atoms with Crippen molar-refractivity contribution in [3.63, 3.8) is 0 Å². The summed E-state index contributed by atoms with van der Waals surface area (Å²) in [6.07, 6.45) is 2.56. The first-order chi connectivity index (χ1) is 8.97. The summed E-state index contributed by atoms with van der Waals surface area (Å²) < 4.78 is 0. The van der Waals surface area contributed by atoms with Gasteiger partial charge in [0, 0.05) is 6.08 Å². The van der Waals surface area contributed by atoms with Crippen LogP contribution in [0.3, 0.4) is 0 Å². The predicted molar refractivity (Wildman–Crippen MR) is 74.8 cm³/mol. The van der Waals surface area contributed by atoms with E-state index in [1.165, 1.54) is 13.0 Å². The predicted octanol–water partition coefficient (Wildman–Crippen LogP) is 2.88. The Bertz CT molecular complexity index is 573. The molecule has 1 aromatic carbocycles. The molecule has 1 N–H and O–H groups in total. The quantitative estimate of drug-likeness (QED) is 0.668. The Hall–Kier alpha value is -1.93. The number of carbonyl (C=O) groups excluding carboxylic acids is 1. The first-order valence-electron chi connectivity index (χ1n) is 5.51. The van der Waals surface area contributed by atoms with E-state index in [2.05, 4.69) is 15.9 Å². The number of hydrogen-bond donors (Lipinski definition) is 1. The van der Waals surface area contributed by atoms with Gasteiger partial charge in [-0.3, -0.25) is 4.79 Å². The van der Waals surface area contributed by atoms with Crippen molar-refractivity contribution in [1.82, 2.24) is 0 Å². The lowest BCUT2D eigenvalue weighted by molar-refractivity contribution is -0.131. The first-order valence-corrected chi connectivity index (χ1v) is 6.43. The minimum absolute atomic E-state index is 0.0708. The van der Waals surface area contributed by atoms with Gasteiger partial charge in [0.25, 0.3) is 0 Å². The fourth-order valence-corrected chi connectivity index (χ4v) is 2.11. The van der Waals surface area contributed by atoms with Crippen molar-refractivity contribution in [3.05, 3.63) is 41.0 Å². The van der Waals surface area contributed by atoms with Gasteiger partial charge in [0.2, 0.25) is 0 Å². The highest BCUT2D eigenvalue weighted by atomic mass is 79.9. The molecule has 98 valence electrons. The van der Waals surface area contributed by atoms with E-state index in [1.54, 1.807) is 18.2 Å². The molecule has 0 bridgehead atoms. The van der Waals surface area contributed by atoms with Crippen molar-refractivity contribution in [2.45, 2.75) is 18.2 Å². The normalized spacial score (nSPS) is 12.1. The molecule has 0 aliphatic heterocycles. The summed E-state index contributed by atoms with van der Waals surface area (Å²) in [5.74, 6) is -1.13. The summed E-state index contributed by atoms with van der Waals surface area (Å²) >= 11 is 3.29. The van der Waals surface area contributed by atoms with E-state index in [1.807, 2.05) is 6.07 Å². The van der Waals surface area contributed by atoms with Gasteiger partial charge >= 0.3 is 5.97 Å². The number of carbonyl (C=O) groups is 2. The molecule has 1 rings (SSSR count). The number of ketones is 1. The summed E-state index contributed by atoms with van der Waals surface area (Å²) in [5, 5.41) is 17.5. The van der Waals surface area contributed by atoms with Gasteiger partial charge in [0.1, 0.15) is 5.78 Å². The fourth-order valence-electron chi connectivity index (χ4n) is 1.68. The summed E-state index contributed by atoms with van der Waals surface area (Å²) in [4.78, 5) is 21.5. The number of carboxylic acid groups (broad SMARTS) is 1. The number of nitrogens with zero attached hydrogens (tertiary/aromatic N) is 1. The van der Waals surface area contributed by atoms with Crippen LogP contribution in [0.25, 0.3) is 6.08 Å². The minimum atomic E-state index is -1.06. The lowest BCUT2D eigenvalue weighted by atomic mass is 9.95. The topological polar surface area (TPSA) is 78.2 Å². The molecule has 19 heavy (non-hydrogen) atoms. The van der Waals surface area contributed by atoms with Crippen LogP contribution in [0.5, 0.6) is 0 Å². The molecule has 1 unspecified atom stereocenters. The van der Waals surface area contributed by atoms with Crippen LogP contribution in [0.15, 0.2) is 24.3 Å². The van der Waals surface area contributed by atoms with Crippen molar-refractivity contribution in [3.8, 4) is 6.07 Å². The van der Waals surface area contributed by atoms with E-state index < -0.39 is 10.8 Å². The second-order valence-electron chi connectivity index (χ2n) is 3.89. The molecule has 0 fully saturated rings. The highest BCUT2D eigenvalue weighted by Crippen LogP contribution is 2.29. The number of alkyl halides is 1. The molecule has 5 heteroatoms. The van der Waals surface area contributed by atoms with Gasteiger partial charge in [-0.25, -0.2) is 4.79 Å². The van der Waals surface area contributed by atoms with Crippen molar-refractivity contribution in [2.24, 2.45) is 0 Å². The number of halogens is 1. The smallest absolute Gasteiger partial charge is 0.328 e. The zero-order chi connectivity index (χ0) is 14.4. The van der Waals surface area contributed by atoms with Crippen LogP contribution in [0.1, 0.15) is 28.4 Å². The highest BCUT2D eigenvalue weighted by Gasteiger charge is 2.17. The largest absolute Gasteiger partial charge is 0.478 e. The Morgan fingerprint density at radius 1 is 1.53 bits per heavy atom. The van der Waals surface area contributed by atoms with E-state index >= 15 is 0 Å². The fraction of sp³-hybridized carbons (Fsp3) is 0.214.